The molecule has 0 atom stereocenters. The van der Waals surface area contributed by atoms with Gasteiger partial charge in [-0.15, -0.1) is 0 Å². The molecule has 6 heteroatoms. The Hall–Kier alpha value is -2.21. The molecule has 5 nitrogen and oxygen atoms in total. The lowest BCUT2D eigenvalue weighted by molar-refractivity contribution is -0.426. The van der Waals surface area contributed by atoms with Crippen molar-refractivity contribution in [1.29, 1.82) is 0 Å². The average molecular weight is 261 g/mol. The lowest BCUT2D eigenvalue weighted by Crippen LogP contribution is -2.10. The van der Waals surface area contributed by atoms with Crippen molar-refractivity contribution < 1.29 is 4.92 Å². The largest absolute Gasteiger partial charge is 0.398 e. The molecule has 4 N–H and O–H groups in total. The van der Waals surface area contributed by atoms with Crippen LogP contribution in [0, 0.1) is 10.1 Å². The molecule has 18 heavy (non-hydrogen) atoms. The first-order valence-electron chi connectivity index (χ1n) is 5.23. The molecule has 0 fully saturated rings. The van der Waals surface area contributed by atoms with E-state index in [1.165, 1.54) is 6.08 Å². The SMILES string of the molecule is Nc1cccc(N)c1C1=CC(=S)CC([N+](=O)[O-])=C1. The number of nitro groups is 1. The summed E-state index contributed by atoms with van der Waals surface area (Å²) in [5, 5.41) is 10.8. The molecule has 0 radical (unpaired) electrons. The van der Waals surface area contributed by atoms with Gasteiger partial charge >= 0.3 is 0 Å². The summed E-state index contributed by atoms with van der Waals surface area (Å²) >= 11 is 5.06. The highest BCUT2D eigenvalue weighted by molar-refractivity contribution is 7.80. The molecule has 0 amide bonds. The molecule has 0 aliphatic heterocycles. The fourth-order valence-corrected chi connectivity index (χ4v) is 2.13. The van der Waals surface area contributed by atoms with Gasteiger partial charge < -0.3 is 11.5 Å². The summed E-state index contributed by atoms with van der Waals surface area (Å²) < 4.78 is 0. The topological polar surface area (TPSA) is 95.2 Å². The average Bonchev–Trinajstić information content (AvgIpc) is 2.28. The van der Waals surface area contributed by atoms with E-state index in [1.54, 1.807) is 24.3 Å². The summed E-state index contributed by atoms with van der Waals surface area (Å²) in [6.45, 7) is 0. The third-order valence-corrected chi connectivity index (χ3v) is 2.91. The van der Waals surface area contributed by atoms with Crippen molar-refractivity contribution in [3.63, 3.8) is 0 Å². The highest BCUT2D eigenvalue weighted by Crippen LogP contribution is 2.32. The minimum absolute atomic E-state index is 0.0557. The highest BCUT2D eigenvalue weighted by Gasteiger charge is 2.21. The van der Waals surface area contributed by atoms with Gasteiger partial charge in [-0.1, -0.05) is 18.3 Å². The van der Waals surface area contributed by atoms with Gasteiger partial charge in [-0.3, -0.25) is 10.1 Å². The van der Waals surface area contributed by atoms with E-state index in [9.17, 15) is 10.1 Å². The normalized spacial score (nSPS) is 15.0. The van der Waals surface area contributed by atoms with E-state index in [1.807, 2.05) is 0 Å². The van der Waals surface area contributed by atoms with E-state index in [0.29, 0.717) is 27.4 Å². The minimum Gasteiger partial charge on any atom is -0.398 e. The molecule has 0 saturated carbocycles. The number of thiocarbonyl (C=S) groups is 1. The Morgan fingerprint density at radius 3 is 2.39 bits per heavy atom. The van der Waals surface area contributed by atoms with Crippen molar-refractivity contribution in [3.05, 3.63) is 51.7 Å². The number of rotatable bonds is 2. The monoisotopic (exact) mass is 261 g/mol. The standard InChI is InChI=1S/C12H11N3O2S/c13-10-2-1-3-11(14)12(10)7-4-8(15(16)17)6-9(18)5-7/h1-5H,6,13-14H2. The summed E-state index contributed by atoms with van der Waals surface area (Å²) in [6.07, 6.45) is 3.33. The van der Waals surface area contributed by atoms with Crippen LogP contribution in [0.15, 0.2) is 36.0 Å². The van der Waals surface area contributed by atoms with Crippen molar-refractivity contribution in [2.45, 2.75) is 6.42 Å². The van der Waals surface area contributed by atoms with Crippen molar-refractivity contribution in [1.82, 2.24) is 0 Å². The fourth-order valence-electron chi connectivity index (χ4n) is 1.86. The molecule has 1 aliphatic carbocycles. The zero-order valence-electron chi connectivity index (χ0n) is 9.42. The van der Waals surface area contributed by atoms with E-state index in [4.69, 9.17) is 23.7 Å². The molecule has 1 aliphatic rings. The smallest absolute Gasteiger partial charge is 0.252 e. The Morgan fingerprint density at radius 1 is 1.22 bits per heavy atom. The van der Waals surface area contributed by atoms with Gasteiger partial charge in [0.25, 0.3) is 5.70 Å². The number of nitrogens with two attached hydrogens (primary N) is 2. The van der Waals surface area contributed by atoms with Crippen LogP contribution in [0.25, 0.3) is 5.57 Å². The number of benzene rings is 1. The van der Waals surface area contributed by atoms with E-state index in [0.717, 1.165) is 0 Å². The number of allylic oxidation sites excluding steroid dienone is 4. The number of nitrogens with zero attached hydrogens (tertiary/aromatic N) is 1. The van der Waals surface area contributed by atoms with E-state index < -0.39 is 4.92 Å². The first-order valence-corrected chi connectivity index (χ1v) is 5.63. The molecular formula is C12H11N3O2S. The third-order valence-electron chi connectivity index (χ3n) is 2.65. The van der Waals surface area contributed by atoms with Crippen LogP contribution < -0.4 is 11.5 Å². The lowest BCUT2D eigenvalue weighted by atomic mass is 9.95. The van der Waals surface area contributed by atoms with E-state index in [-0.39, 0.29) is 12.1 Å². The second kappa shape index (κ2) is 4.58. The predicted octanol–water partition coefficient (Wildman–Crippen LogP) is 2.17. The second-order valence-corrected chi connectivity index (χ2v) is 4.47. The van der Waals surface area contributed by atoms with Crippen LogP contribution in [0.1, 0.15) is 12.0 Å². The van der Waals surface area contributed by atoms with Gasteiger partial charge in [-0.2, -0.15) is 0 Å². The quantitative estimate of drug-likeness (QED) is 0.368. The Morgan fingerprint density at radius 2 is 1.83 bits per heavy atom. The van der Waals surface area contributed by atoms with Gasteiger partial charge in [0.05, 0.1) is 11.3 Å². The lowest BCUT2D eigenvalue weighted by Gasteiger charge is -2.13. The molecule has 0 saturated heterocycles. The van der Waals surface area contributed by atoms with Crippen LogP contribution in [-0.4, -0.2) is 9.79 Å². The number of anilines is 2. The summed E-state index contributed by atoms with van der Waals surface area (Å²) in [6, 6.07) is 5.13. The van der Waals surface area contributed by atoms with Gasteiger partial charge in [0, 0.05) is 27.9 Å². The minimum atomic E-state index is -0.436. The number of hydrogen-bond donors (Lipinski definition) is 2. The zero-order chi connectivity index (χ0) is 13.3. The Bertz CT molecular complexity index is 585. The maximum atomic E-state index is 10.8. The van der Waals surface area contributed by atoms with E-state index >= 15 is 0 Å². The highest BCUT2D eigenvalue weighted by atomic mass is 32.1. The van der Waals surface area contributed by atoms with Crippen molar-refractivity contribution in [3.8, 4) is 0 Å². The molecule has 0 spiro atoms. The van der Waals surface area contributed by atoms with Crippen LogP contribution >= 0.6 is 12.2 Å². The van der Waals surface area contributed by atoms with Gasteiger partial charge in [0.2, 0.25) is 0 Å². The molecule has 92 valence electrons. The molecule has 0 aromatic heterocycles. The molecular weight excluding hydrogens is 250 g/mol. The van der Waals surface area contributed by atoms with Gasteiger partial charge in [0.15, 0.2) is 0 Å². The van der Waals surface area contributed by atoms with Crippen LogP contribution in [0.4, 0.5) is 11.4 Å². The molecule has 0 bridgehead atoms. The van der Waals surface area contributed by atoms with Gasteiger partial charge in [-0.25, -0.2) is 0 Å². The Balaban J connectivity index is 2.57. The van der Waals surface area contributed by atoms with E-state index in [2.05, 4.69) is 0 Å². The number of nitrogen functional groups attached to an aromatic ring is 2. The molecule has 1 aromatic rings. The maximum absolute atomic E-state index is 10.8. The third kappa shape index (κ3) is 2.23. The van der Waals surface area contributed by atoms with Crippen molar-refractivity contribution in [2.24, 2.45) is 0 Å². The van der Waals surface area contributed by atoms with Crippen molar-refractivity contribution in [2.75, 3.05) is 11.5 Å². The molecule has 0 heterocycles. The fraction of sp³-hybridized carbons (Fsp3) is 0.0833. The van der Waals surface area contributed by atoms with Crippen LogP contribution in [0.2, 0.25) is 0 Å². The Kier molecular flexibility index (Phi) is 3.12. The second-order valence-electron chi connectivity index (χ2n) is 3.95. The molecule has 2 rings (SSSR count). The van der Waals surface area contributed by atoms with Crippen LogP contribution in [-0.2, 0) is 0 Å². The van der Waals surface area contributed by atoms with Gasteiger partial charge in [0.1, 0.15) is 0 Å². The van der Waals surface area contributed by atoms with Crippen molar-refractivity contribution >= 4 is 34.0 Å². The van der Waals surface area contributed by atoms with Gasteiger partial charge in [-0.05, 0) is 23.8 Å². The predicted molar refractivity (Wildman–Crippen MR) is 75.5 cm³/mol. The summed E-state index contributed by atoms with van der Waals surface area (Å²) in [7, 11) is 0. The maximum Gasteiger partial charge on any atom is 0.252 e. The van der Waals surface area contributed by atoms with Crippen LogP contribution in [0.5, 0.6) is 0 Å². The molecule has 0 unspecified atom stereocenters. The zero-order valence-corrected chi connectivity index (χ0v) is 10.2. The first-order chi connectivity index (χ1) is 8.49. The Labute approximate surface area is 109 Å². The summed E-state index contributed by atoms with van der Waals surface area (Å²) in [4.78, 5) is 10.9. The number of hydrogen-bond acceptors (Lipinski definition) is 5. The molecule has 1 aromatic carbocycles. The van der Waals surface area contributed by atoms with Crippen LogP contribution in [0.3, 0.4) is 0 Å². The first kappa shape index (κ1) is 12.3. The summed E-state index contributed by atoms with van der Waals surface area (Å²) in [5.41, 5.74) is 13.9. The summed E-state index contributed by atoms with van der Waals surface area (Å²) in [5.74, 6) is 0.